The molecule has 1 aliphatic heterocycles. The Bertz CT molecular complexity index is 162. The van der Waals surface area contributed by atoms with Crippen molar-refractivity contribution in [1.82, 2.24) is 10.2 Å². The molecule has 1 rings (SSSR count). The molecule has 0 unspecified atom stereocenters. The number of urea groups is 1. The maximum absolute atomic E-state index is 11.2. The van der Waals surface area contributed by atoms with Crippen LogP contribution in [0.3, 0.4) is 0 Å². The van der Waals surface area contributed by atoms with E-state index in [2.05, 4.69) is 5.32 Å². The first-order chi connectivity index (χ1) is 6.34. The Hall–Kier alpha value is -0.770. The summed E-state index contributed by atoms with van der Waals surface area (Å²) in [4.78, 5) is 13.1. The van der Waals surface area contributed by atoms with Crippen molar-refractivity contribution < 1.29 is 9.90 Å². The van der Waals surface area contributed by atoms with Crippen molar-refractivity contribution in [2.24, 2.45) is 0 Å². The number of unbranched alkanes of at least 4 members (excludes halogenated alkanes) is 2. The zero-order valence-corrected chi connectivity index (χ0v) is 7.96. The third-order valence-corrected chi connectivity index (χ3v) is 2.25. The van der Waals surface area contributed by atoms with Gasteiger partial charge in [-0.25, -0.2) is 4.79 Å². The van der Waals surface area contributed by atoms with E-state index in [0.29, 0.717) is 0 Å². The normalized spacial score (nSPS) is 17.3. The number of nitrogens with one attached hydrogen (secondary N) is 1. The van der Waals surface area contributed by atoms with Gasteiger partial charge in [0.25, 0.3) is 0 Å². The molecule has 4 nitrogen and oxygen atoms in total. The zero-order valence-electron chi connectivity index (χ0n) is 7.96. The fourth-order valence-electron chi connectivity index (χ4n) is 1.48. The number of hydrogen-bond acceptors (Lipinski definition) is 2. The lowest BCUT2D eigenvalue weighted by Crippen LogP contribution is -2.46. The van der Waals surface area contributed by atoms with E-state index in [0.717, 1.165) is 45.3 Å². The predicted molar refractivity (Wildman–Crippen MR) is 50.5 cm³/mol. The Labute approximate surface area is 78.9 Å². The van der Waals surface area contributed by atoms with Gasteiger partial charge in [-0.05, 0) is 25.7 Å². The lowest BCUT2D eigenvalue weighted by molar-refractivity contribution is 0.184. The van der Waals surface area contributed by atoms with Crippen LogP contribution in [0.1, 0.15) is 25.7 Å². The first kappa shape index (κ1) is 10.3. The van der Waals surface area contributed by atoms with Crippen LogP contribution in [0.5, 0.6) is 0 Å². The van der Waals surface area contributed by atoms with Gasteiger partial charge in [-0.3, -0.25) is 0 Å². The minimum atomic E-state index is 0.0650. The zero-order chi connectivity index (χ0) is 9.52. The Morgan fingerprint density at radius 3 is 2.92 bits per heavy atom. The molecule has 0 aromatic carbocycles. The van der Waals surface area contributed by atoms with Crippen LogP contribution in [0.25, 0.3) is 0 Å². The Balaban J connectivity index is 2.08. The highest BCUT2D eigenvalue weighted by Crippen LogP contribution is 2.02. The highest BCUT2D eigenvalue weighted by molar-refractivity contribution is 5.74. The molecule has 2 N–H and O–H groups in total. The van der Waals surface area contributed by atoms with Crippen LogP contribution in [0.15, 0.2) is 0 Å². The van der Waals surface area contributed by atoms with Crippen molar-refractivity contribution in [3.63, 3.8) is 0 Å². The molecule has 1 aliphatic rings. The number of carbonyl (C=O) groups is 1. The summed E-state index contributed by atoms with van der Waals surface area (Å²) in [5, 5.41) is 11.4. The van der Waals surface area contributed by atoms with Crippen LogP contribution in [-0.4, -0.2) is 42.3 Å². The third-order valence-electron chi connectivity index (χ3n) is 2.25. The summed E-state index contributed by atoms with van der Waals surface area (Å²) >= 11 is 0. The van der Waals surface area contributed by atoms with Crippen LogP contribution in [0, 0.1) is 0 Å². The van der Waals surface area contributed by atoms with Crippen molar-refractivity contribution in [3.8, 4) is 0 Å². The number of carbonyl (C=O) groups excluding carboxylic acids is 1. The molecule has 1 fully saturated rings. The number of aliphatic hydroxyl groups excluding tert-OH is 1. The van der Waals surface area contributed by atoms with Crippen LogP contribution < -0.4 is 5.32 Å². The van der Waals surface area contributed by atoms with Gasteiger partial charge in [-0.2, -0.15) is 0 Å². The molecule has 1 saturated heterocycles. The van der Waals surface area contributed by atoms with Crippen molar-refractivity contribution in [1.29, 1.82) is 0 Å². The summed E-state index contributed by atoms with van der Waals surface area (Å²) in [6.45, 7) is 2.77. The number of amides is 2. The largest absolute Gasteiger partial charge is 0.396 e. The van der Waals surface area contributed by atoms with Gasteiger partial charge < -0.3 is 15.3 Å². The van der Waals surface area contributed by atoms with Gasteiger partial charge in [-0.15, -0.1) is 0 Å². The van der Waals surface area contributed by atoms with E-state index >= 15 is 0 Å². The van der Waals surface area contributed by atoms with E-state index < -0.39 is 0 Å². The van der Waals surface area contributed by atoms with Crippen LogP contribution in [-0.2, 0) is 0 Å². The van der Waals surface area contributed by atoms with Gasteiger partial charge in [0, 0.05) is 26.2 Å². The molecule has 0 aliphatic carbocycles. The first-order valence-corrected chi connectivity index (χ1v) is 4.98. The molecule has 2 amide bonds. The Morgan fingerprint density at radius 2 is 2.23 bits per heavy atom. The Morgan fingerprint density at radius 1 is 1.38 bits per heavy atom. The average Bonchev–Trinajstić information content (AvgIpc) is 2.15. The lowest BCUT2D eigenvalue weighted by Gasteiger charge is -2.27. The first-order valence-electron chi connectivity index (χ1n) is 4.98. The summed E-state index contributed by atoms with van der Waals surface area (Å²) in [5.74, 6) is 0. The van der Waals surface area contributed by atoms with E-state index in [1.54, 1.807) is 0 Å². The second-order valence-corrected chi connectivity index (χ2v) is 3.36. The smallest absolute Gasteiger partial charge is 0.317 e. The summed E-state index contributed by atoms with van der Waals surface area (Å²) in [7, 11) is 0. The van der Waals surface area contributed by atoms with Crippen LogP contribution in [0.4, 0.5) is 4.79 Å². The van der Waals surface area contributed by atoms with Crippen molar-refractivity contribution >= 4 is 6.03 Å². The van der Waals surface area contributed by atoms with E-state index in [4.69, 9.17) is 5.11 Å². The van der Waals surface area contributed by atoms with E-state index in [-0.39, 0.29) is 12.6 Å². The fourth-order valence-corrected chi connectivity index (χ4v) is 1.48. The highest BCUT2D eigenvalue weighted by Gasteiger charge is 2.15. The number of rotatable bonds is 5. The second-order valence-electron chi connectivity index (χ2n) is 3.36. The van der Waals surface area contributed by atoms with Gasteiger partial charge in [-0.1, -0.05) is 0 Å². The standard InChI is InChI=1S/C9H18N2O2/c12-8-3-1-2-6-11-7-4-5-10-9(11)13/h12H,1-8H2,(H,10,13). The molecule has 0 radical (unpaired) electrons. The molecule has 0 aromatic rings. The molecular formula is C9H18N2O2. The van der Waals surface area contributed by atoms with Crippen LogP contribution in [0.2, 0.25) is 0 Å². The van der Waals surface area contributed by atoms with Gasteiger partial charge in [0.15, 0.2) is 0 Å². The molecule has 0 saturated carbocycles. The monoisotopic (exact) mass is 186 g/mol. The minimum Gasteiger partial charge on any atom is -0.396 e. The van der Waals surface area contributed by atoms with E-state index in [9.17, 15) is 4.79 Å². The molecule has 13 heavy (non-hydrogen) atoms. The fraction of sp³-hybridized carbons (Fsp3) is 0.889. The third kappa shape index (κ3) is 3.63. The minimum absolute atomic E-state index is 0.0650. The maximum atomic E-state index is 11.2. The van der Waals surface area contributed by atoms with Crippen molar-refractivity contribution in [3.05, 3.63) is 0 Å². The number of aliphatic hydroxyl groups is 1. The number of hydrogen-bond donors (Lipinski definition) is 2. The second kappa shape index (κ2) is 5.80. The van der Waals surface area contributed by atoms with E-state index in [1.165, 1.54) is 0 Å². The van der Waals surface area contributed by atoms with Gasteiger partial charge in [0.1, 0.15) is 0 Å². The molecule has 0 atom stereocenters. The van der Waals surface area contributed by atoms with Crippen LogP contribution >= 0.6 is 0 Å². The Kier molecular flexibility index (Phi) is 4.60. The average molecular weight is 186 g/mol. The summed E-state index contributed by atoms with van der Waals surface area (Å²) < 4.78 is 0. The maximum Gasteiger partial charge on any atom is 0.317 e. The molecular weight excluding hydrogens is 168 g/mol. The molecule has 0 bridgehead atoms. The predicted octanol–water partition coefficient (Wildman–Crippen LogP) is 0.564. The molecule has 1 heterocycles. The summed E-state index contributed by atoms with van der Waals surface area (Å²) in [5.41, 5.74) is 0. The molecule has 0 aromatic heterocycles. The summed E-state index contributed by atoms with van der Waals surface area (Å²) in [6.07, 6.45) is 3.88. The highest BCUT2D eigenvalue weighted by atomic mass is 16.2. The van der Waals surface area contributed by atoms with Gasteiger partial charge in [0.05, 0.1) is 0 Å². The molecule has 0 spiro atoms. The quantitative estimate of drug-likeness (QED) is 0.616. The lowest BCUT2D eigenvalue weighted by atomic mass is 10.2. The van der Waals surface area contributed by atoms with Crippen molar-refractivity contribution in [2.75, 3.05) is 26.2 Å². The SMILES string of the molecule is O=C1NCCCN1CCCCCO. The number of nitrogens with zero attached hydrogens (tertiary/aromatic N) is 1. The summed E-state index contributed by atoms with van der Waals surface area (Å²) in [6, 6.07) is 0.0650. The van der Waals surface area contributed by atoms with Gasteiger partial charge >= 0.3 is 6.03 Å². The van der Waals surface area contributed by atoms with Crippen molar-refractivity contribution in [2.45, 2.75) is 25.7 Å². The van der Waals surface area contributed by atoms with E-state index in [1.807, 2.05) is 4.90 Å². The molecule has 4 heteroatoms. The molecule has 76 valence electrons. The topological polar surface area (TPSA) is 52.6 Å². The van der Waals surface area contributed by atoms with Gasteiger partial charge in [0.2, 0.25) is 0 Å².